The number of carbonyl (C=O) groups is 1. The molecule has 1 unspecified atom stereocenters. The summed E-state index contributed by atoms with van der Waals surface area (Å²) in [5.74, 6) is -1.67. The lowest BCUT2D eigenvalue weighted by Crippen LogP contribution is -2.66. The standard InChI is InChI=1S/C7H6F6NO3P/c1-3-4(15)17-5(6(8,9)10,7(11,12)13)14(3)2-18-16/h3H,2H2,1H3. The van der Waals surface area contributed by atoms with E-state index in [1.54, 1.807) is 0 Å². The van der Waals surface area contributed by atoms with Crippen molar-refractivity contribution in [2.75, 3.05) is 6.29 Å². The monoisotopic (exact) mass is 297 g/mol. The lowest BCUT2D eigenvalue weighted by Gasteiger charge is -2.37. The molecule has 1 saturated heterocycles. The largest absolute Gasteiger partial charge is 0.453 e. The molecular formula is C7H6F6NO3P. The van der Waals surface area contributed by atoms with Gasteiger partial charge in [0, 0.05) is 0 Å². The minimum absolute atomic E-state index is 0.316. The van der Waals surface area contributed by atoms with Gasteiger partial charge < -0.3 is 4.74 Å². The molecule has 0 N–H and O–H groups in total. The predicted octanol–water partition coefficient (Wildman–Crippen LogP) is 2.30. The average molecular weight is 297 g/mol. The minimum atomic E-state index is -5.89. The summed E-state index contributed by atoms with van der Waals surface area (Å²) < 4.78 is 90.0. The first kappa shape index (κ1) is 15.2. The first-order chi connectivity index (χ1) is 7.99. The number of cyclic esters (lactones) is 1. The van der Waals surface area contributed by atoms with E-state index >= 15 is 0 Å². The maximum absolute atomic E-state index is 12.7. The van der Waals surface area contributed by atoms with Crippen molar-refractivity contribution in [1.82, 2.24) is 4.90 Å². The zero-order valence-corrected chi connectivity index (χ0v) is 9.57. The van der Waals surface area contributed by atoms with E-state index in [1.807, 2.05) is 0 Å². The van der Waals surface area contributed by atoms with E-state index in [0.717, 1.165) is 6.92 Å². The van der Waals surface area contributed by atoms with Gasteiger partial charge in [0.2, 0.25) is 0 Å². The number of hydrogen-bond donors (Lipinski definition) is 0. The molecular weight excluding hydrogens is 291 g/mol. The number of alkyl halides is 6. The summed E-state index contributed by atoms with van der Waals surface area (Å²) in [7, 11) is -0.991. The fourth-order valence-corrected chi connectivity index (χ4v) is 2.14. The summed E-state index contributed by atoms with van der Waals surface area (Å²) >= 11 is 0. The molecule has 0 bridgehead atoms. The SMILES string of the molecule is CC1C(=O)OC(C(F)(F)F)(C(F)(F)F)N1CP=O. The van der Waals surface area contributed by atoms with Gasteiger partial charge in [-0.15, -0.1) is 0 Å². The molecule has 1 aliphatic heterocycles. The number of halogens is 6. The molecule has 0 aromatic carbocycles. The average Bonchev–Trinajstić information content (AvgIpc) is 2.42. The molecule has 1 atom stereocenters. The van der Waals surface area contributed by atoms with Crippen molar-refractivity contribution in [2.24, 2.45) is 0 Å². The second-order valence-electron chi connectivity index (χ2n) is 3.48. The second-order valence-corrected chi connectivity index (χ2v) is 4.02. The number of hydrogen-bond acceptors (Lipinski definition) is 4. The van der Waals surface area contributed by atoms with Crippen LogP contribution in [0.5, 0.6) is 0 Å². The van der Waals surface area contributed by atoms with Gasteiger partial charge in [-0.25, -0.2) is 4.90 Å². The summed E-state index contributed by atoms with van der Waals surface area (Å²) in [4.78, 5) is 10.7. The van der Waals surface area contributed by atoms with Crippen LogP contribution in [0.2, 0.25) is 0 Å². The van der Waals surface area contributed by atoms with Crippen LogP contribution in [0, 0.1) is 0 Å². The molecule has 0 radical (unpaired) electrons. The van der Waals surface area contributed by atoms with Gasteiger partial charge in [-0.05, 0) is 6.92 Å². The molecule has 104 valence electrons. The first-order valence-electron chi connectivity index (χ1n) is 4.41. The van der Waals surface area contributed by atoms with Gasteiger partial charge in [0.25, 0.3) is 0 Å². The van der Waals surface area contributed by atoms with Crippen LogP contribution in [0.1, 0.15) is 6.92 Å². The molecule has 0 saturated carbocycles. The number of esters is 1. The maximum Gasteiger partial charge on any atom is 0.453 e. The molecule has 1 fully saturated rings. The molecule has 11 heteroatoms. The van der Waals surface area contributed by atoms with Crippen LogP contribution in [-0.2, 0) is 14.1 Å². The van der Waals surface area contributed by atoms with Crippen LogP contribution in [0.25, 0.3) is 0 Å². The highest BCUT2D eigenvalue weighted by atomic mass is 31.1. The molecule has 0 aromatic heterocycles. The van der Waals surface area contributed by atoms with Crippen LogP contribution in [0.15, 0.2) is 0 Å². The molecule has 18 heavy (non-hydrogen) atoms. The Bertz CT molecular complexity index is 353. The summed E-state index contributed by atoms with van der Waals surface area (Å²) in [5.41, 5.74) is -4.74. The molecule has 0 aliphatic carbocycles. The third kappa shape index (κ3) is 1.97. The summed E-state index contributed by atoms with van der Waals surface area (Å²) in [6, 6.07) is -1.80. The predicted molar refractivity (Wildman–Crippen MR) is 44.7 cm³/mol. The van der Waals surface area contributed by atoms with Gasteiger partial charge in [-0.3, -0.25) is 9.36 Å². The van der Waals surface area contributed by atoms with Gasteiger partial charge in [0.1, 0.15) is 6.04 Å². The zero-order chi connectivity index (χ0) is 14.4. The smallest absolute Gasteiger partial charge is 0.423 e. The Labute approximate surface area is 98.1 Å². The van der Waals surface area contributed by atoms with Crippen molar-refractivity contribution in [3.63, 3.8) is 0 Å². The molecule has 1 rings (SSSR count). The summed E-state index contributed by atoms with van der Waals surface area (Å²) in [5, 5.41) is 0. The number of rotatable bonds is 2. The normalized spacial score (nSPS) is 25.5. The van der Waals surface area contributed by atoms with E-state index in [9.17, 15) is 35.7 Å². The lowest BCUT2D eigenvalue weighted by molar-refractivity contribution is -0.399. The van der Waals surface area contributed by atoms with E-state index in [4.69, 9.17) is 0 Å². The van der Waals surface area contributed by atoms with Crippen molar-refractivity contribution in [1.29, 1.82) is 0 Å². The Hall–Kier alpha value is -0.890. The molecule has 1 aliphatic rings. The Morgan fingerprint density at radius 2 is 1.72 bits per heavy atom. The van der Waals surface area contributed by atoms with Gasteiger partial charge in [-0.2, -0.15) is 26.3 Å². The highest BCUT2D eigenvalue weighted by Crippen LogP contribution is 2.52. The third-order valence-corrected chi connectivity index (χ3v) is 2.86. The highest BCUT2D eigenvalue weighted by molar-refractivity contribution is 7.23. The summed E-state index contributed by atoms with van der Waals surface area (Å²) in [6.07, 6.45) is -12.9. The van der Waals surface area contributed by atoms with E-state index in [1.165, 1.54) is 0 Å². The Balaban J connectivity index is 3.42. The fourth-order valence-electron chi connectivity index (χ4n) is 1.58. The van der Waals surface area contributed by atoms with Crippen LogP contribution in [0.4, 0.5) is 26.3 Å². The number of nitrogens with zero attached hydrogens (tertiary/aromatic N) is 1. The van der Waals surface area contributed by atoms with Crippen molar-refractivity contribution in [2.45, 2.75) is 31.0 Å². The van der Waals surface area contributed by atoms with Gasteiger partial charge in [-0.1, -0.05) is 0 Å². The zero-order valence-electron chi connectivity index (χ0n) is 8.67. The van der Waals surface area contributed by atoms with Gasteiger partial charge in [0.05, 0.1) is 6.29 Å². The number of carbonyl (C=O) groups excluding carboxylic acids is 1. The van der Waals surface area contributed by atoms with Crippen LogP contribution < -0.4 is 0 Å². The fraction of sp³-hybridized carbons (Fsp3) is 0.857. The lowest BCUT2D eigenvalue weighted by atomic mass is 10.1. The highest BCUT2D eigenvalue weighted by Gasteiger charge is 2.81. The van der Waals surface area contributed by atoms with Crippen molar-refractivity contribution in [3.8, 4) is 0 Å². The Kier molecular flexibility index (Phi) is 3.66. The Morgan fingerprint density at radius 3 is 2.06 bits per heavy atom. The minimum Gasteiger partial charge on any atom is -0.423 e. The quantitative estimate of drug-likeness (QED) is 0.446. The van der Waals surface area contributed by atoms with Gasteiger partial charge >= 0.3 is 24.0 Å². The van der Waals surface area contributed by atoms with Gasteiger partial charge in [0.15, 0.2) is 8.46 Å². The summed E-state index contributed by atoms with van der Waals surface area (Å²) in [6.45, 7) is 0.812. The molecule has 4 nitrogen and oxygen atoms in total. The van der Waals surface area contributed by atoms with Crippen LogP contribution in [0.3, 0.4) is 0 Å². The van der Waals surface area contributed by atoms with E-state index in [-0.39, 0.29) is 4.90 Å². The van der Waals surface area contributed by atoms with Crippen LogP contribution in [-0.4, -0.2) is 41.3 Å². The molecule has 1 heterocycles. The topological polar surface area (TPSA) is 46.6 Å². The third-order valence-electron chi connectivity index (χ3n) is 2.44. The van der Waals surface area contributed by atoms with Crippen molar-refractivity contribution >= 4 is 14.4 Å². The molecule has 0 amide bonds. The first-order valence-corrected chi connectivity index (χ1v) is 5.41. The maximum atomic E-state index is 12.7. The van der Waals surface area contributed by atoms with Crippen LogP contribution >= 0.6 is 8.46 Å². The Morgan fingerprint density at radius 1 is 1.28 bits per heavy atom. The van der Waals surface area contributed by atoms with E-state index < -0.39 is 44.8 Å². The molecule has 0 spiro atoms. The second kappa shape index (κ2) is 4.34. The van der Waals surface area contributed by atoms with Crippen molar-refractivity contribution < 1.29 is 40.4 Å². The van der Waals surface area contributed by atoms with Crippen molar-refractivity contribution in [3.05, 3.63) is 0 Å². The van der Waals surface area contributed by atoms with E-state index in [0.29, 0.717) is 0 Å². The van der Waals surface area contributed by atoms with E-state index in [2.05, 4.69) is 4.74 Å². The number of ether oxygens (including phenoxy) is 1. The molecule has 0 aromatic rings.